The second-order valence-electron chi connectivity index (χ2n) is 6.06. The molecule has 0 aromatic heterocycles. The average Bonchev–Trinajstić information content (AvgIpc) is 2.91. The fourth-order valence-corrected chi connectivity index (χ4v) is 3.15. The Bertz CT molecular complexity index is 211. The van der Waals surface area contributed by atoms with Crippen molar-refractivity contribution in [1.82, 2.24) is 10.2 Å². The number of nitrogens with one attached hydrogen (secondary N) is 1. The summed E-state index contributed by atoms with van der Waals surface area (Å²) in [4.78, 5) is 2.51. The van der Waals surface area contributed by atoms with Crippen LogP contribution in [0, 0.1) is 5.92 Å². The Morgan fingerprint density at radius 2 is 1.94 bits per heavy atom. The van der Waals surface area contributed by atoms with Crippen molar-refractivity contribution in [2.75, 3.05) is 39.8 Å². The van der Waals surface area contributed by atoms with E-state index in [1.54, 1.807) is 0 Å². The number of nitrogens with zero attached hydrogens (tertiary/aromatic N) is 1. The van der Waals surface area contributed by atoms with Crippen LogP contribution in [0.1, 0.15) is 44.9 Å². The molecule has 106 valence electrons. The van der Waals surface area contributed by atoms with Gasteiger partial charge in [0, 0.05) is 6.61 Å². The fraction of sp³-hybridized carbons (Fsp3) is 1.00. The largest absolute Gasteiger partial charge is 0.378 e. The van der Waals surface area contributed by atoms with E-state index in [4.69, 9.17) is 4.74 Å². The molecule has 3 nitrogen and oxygen atoms in total. The van der Waals surface area contributed by atoms with Gasteiger partial charge >= 0.3 is 0 Å². The summed E-state index contributed by atoms with van der Waals surface area (Å²) in [5.41, 5.74) is 0. The Labute approximate surface area is 112 Å². The molecule has 1 N–H and O–H groups in total. The minimum atomic E-state index is 0.572. The minimum Gasteiger partial charge on any atom is -0.378 e. The number of rotatable bonds is 7. The topological polar surface area (TPSA) is 24.5 Å². The maximum Gasteiger partial charge on any atom is 0.0576 e. The predicted molar refractivity (Wildman–Crippen MR) is 75.9 cm³/mol. The van der Waals surface area contributed by atoms with Crippen molar-refractivity contribution >= 4 is 0 Å². The van der Waals surface area contributed by atoms with Crippen LogP contribution in [0.15, 0.2) is 0 Å². The molecule has 2 aliphatic rings. The third kappa shape index (κ3) is 5.25. The Morgan fingerprint density at radius 3 is 2.67 bits per heavy atom. The molecule has 0 spiro atoms. The van der Waals surface area contributed by atoms with E-state index in [1.807, 2.05) is 0 Å². The molecule has 0 amide bonds. The van der Waals surface area contributed by atoms with Crippen LogP contribution in [0.25, 0.3) is 0 Å². The van der Waals surface area contributed by atoms with Gasteiger partial charge in [-0.2, -0.15) is 0 Å². The number of hydrogen-bond donors (Lipinski definition) is 1. The predicted octanol–water partition coefficient (Wildman–Crippen LogP) is 2.27. The van der Waals surface area contributed by atoms with E-state index in [0.29, 0.717) is 6.10 Å². The van der Waals surface area contributed by atoms with E-state index >= 15 is 0 Å². The van der Waals surface area contributed by atoms with Crippen molar-refractivity contribution in [3.05, 3.63) is 0 Å². The normalized spacial score (nSPS) is 26.0. The first kappa shape index (κ1) is 14.3. The maximum atomic E-state index is 5.66. The van der Waals surface area contributed by atoms with E-state index < -0.39 is 0 Å². The van der Waals surface area contributed by atoms with E-state index in [0.717, 1.165) is 12.5 Å². The Morgan fingerprint density at radius 1 is 1.11 bits per heavy atom. The molecular weight excluding hydrogens is 224 g/mol. The van der Waals surface area contributed by atoms with Crippen molar-refractivity contribution in [2.45, 2.75) is 51.0 Å². The van der Waals surface area contributed by atoms with Crippen LogP contribution in [-0.2, 0) is 4.74 Å². The summed E-state index contributed by atoms with van der Waals surface area (Å²) < 4.78 is 5.66. The molecule has 0 aliphatic carbocycles. The highest BCUT2D eigenvalue weighted by atomic mass is 16.5. The Kier molecular flexibility index (Phi) is 6.46. The van der Waals surface area contributed by atoms with E-state index in [2.05, 4.69) is 17.3 Å². The summed E-state index contributed by atoms with van der Waals surface area (Å²) in [5, 5.41) is 3.44. The zero-order valence-corrected chi connectivity index (χ0v) is 12.0. The van der Waals surface area contributed by atoms with Crippen molar-refractivity contribution in [3.8, 4) is 0 Å². The first-order chi connectivity index (χ1) is 8.84. The SMILES string of the molecule is CN(CCCC1CCCO1)CCC1CCNCC1. The van der Waals surface area contributed by atoms with Crippen molar-refractivity contribution in [1.29, 1.82) is 0 Å². The average molecular weight is 254 g/mol. The number of hydrogen-bond acceptors (Lipinski definition) is 3. The van der Waals surface area contributed by atoms with Crippen molar-refractivity contribution < 1.29 is 4.74 Å². The summed E-state index contributed by atoms with van der Waals surface area (Å²) in [5.74, 6) is 0.965. The molecule has 0 bridgehead atoms. The van der Waals surface area contributed by atoms with Crippen LogP contribution in [0.2, 0.25) is 0 Å². The van der Waals surface area contributed by atoms with Crippen LogP contribution in [0.5, 0.6) is 0 Å². The fourth-order valence-electron chi connectivity index (χ4n) is 3.15. The molecule has 0 saturated carbocycles. The lowest BCUT2D eigenvalue weighted by Gasteiger charge is -2.25. The second kappa shape index (κ2) is 8.13. The van der Waals surface area contributed by atoms with Crippen molar-refractivity contribution in [3.63, 3.8) is 0 Å². The maximum absolute atomic E-state index is 5.66. The second-order valence-corrected chi connectivity index (χ2v) is 6.06. The highest BCUT2D eigenvalue weighted by Gasteiger charge is 2.16. The molecule has 18 heavy (non-hydrogen) atoms. The van der Waals surface area contributed by atoms with E-state index in [9.17, 15) is 0 Å². The first-order valence-electron chi connectivity index (χ1n) is 7.85. The number of ether oxygens (including phenoxy) is 1. The van der Waals surface area contributed by atoms with Gasteiger partial charge in [0.2, 0.25) is 0 Å². The molecule has 1 unspecified atom stereocenters. The monoisotopic (exact) mass is 254 g/mol. The van der Waals surface area contributed by atoms with E-state index in [1.165, 1.54) is 71.1 Å². The quantitative estimate of drug-likeness (QED) is 0.754. The molecule has 0 aromatic carbocycles. The highest BCUT2D eigenvalue weighted by molar-refractivity contribution is 4.70. The molecule has 2 saturated heterocycles. The highest BCUT2D eigenvalue weighted by Crippen LogP contribution is 2.18. The summed E-state index contributed by atoms with van der Waals surface area (Å²) in [6.45, 7) is 5.97. The third-order valence-electron chi connectivity index (χ3n) is 4.47. The molecule has 2 aliphatic heterocycles. The molecule has 2 rings (SSSR count). The zero-order valence-electron chi connectivity index (χ0n) is 12.0. The Hall–Kier alpha value is -0.120. The molecule has 3 heteroatoms. The minimum absolute atomic E-state index is 0.572. The molecule has 0 radical (unpaired) electrons. The molecule has 2 heterocycles. The lowest BCUT2D eigenvalue weighted by Crippen LogP contribution is -2.30. The lowest BCUT2D eigenvalue weighted by atomic mass is 9.94. The summed E-state index contributed by atoms with van der Waals surface area (Å²) >= 11 is 0. The Balaban J connectivity index is 1.47. The van der Waals surface area contributed by atoms with Crippen molar-refractivity contribution in [2.24, 2.45) is 5.92 Å². The molecular formula is C15H30N2O. The summed E-state index contributed by atoms with van der Waals surface area (Å²) in [6, 6.07) is 0. The van der Waals surface area contributed by atoms with Gasteiger partial charge in [-0.15, -0.1) is 0 Å². The van der Waals surface area contributed by atoms with Crippen LogP contribution < -0.4 is 5.32 Å². The van der Waals surface area contributed by atoms with Gasteiger partial charge in [0.05, 0.1) is 6.10 Å². The first-order valence-corrected chi connectivity index (χ1v) is 7.85. The van der Waals surface area contributed by atoms with Gasteiger partial charge in [-0.1, -0.05) is 0 Å². The smallest absolute Gasteiger partial charge is 0.0576 e. The van der Waals surface area contributed by atoms with Gasteiger partial charge in [-0.25, -0.2) is 0 Å². The van der Waals surface area contributed by atoms with Gasteiger partial charge in [0.1, 0.15) is 0 Å². The zero-order chi connectivity index (χ0) is 12.6. The summed E-state index contributed by atoms with van der Waals surface area (Å²) in [7, 11) is 2.27. The lowest BCUT2D eigenvalue weighted by molar-refractivity contribution is 0.0994. The molecule has 0 aromatic rings. The van der Waals surface area contributed by atoms with Gasteiger partial charge in [0.25, 0.3) is 0 Å². The molecule has 1 atom stereocenters. The van der Waals surface area contributed by atoms with Gasteiger partial charge in [0.15, 0.2) is 0 Å². The van der Waals surface area contributed by atoms with E-state index in [-0.39, 0.29) is 0 Å². The van der Waals surface area contributed by atoms with Crippen LogP contribution >= 0.6 is 0 Å². The van der Waals surface area contributed by atoms with Crippen LogP contribution in [0.4, 0.5) is 0 Å². The number of piperidine rings is 1. The third-order valence-corrected chi connectivity index (χ3v) is 4.47. The molecule has 2 fully saturated rings. The van der Waals surface area contributed by atoms with Gasteiger partial charge < -0.3 is 15.0 Å². The standard InChI is InChI=1S/C15H30N2O/c1-17(11-2-4-15-5-3-13-18-15)12-8-14-6-9-16-10-7-14/h14-16H,2-13H2,1H3. The van der Waals surface area contributed by atoms with Gasteiger partial charge in [-0.05, 0) is 84.1 Å². The van der Waals surface area contributed by atoms with Gasteiger partial charge in [-0.3, -0.25) is 0 Å². The van der Waals surface area contributed by atoms with Crippen LogP contribution in [-0.4, -0.2) is 50.8 Å². The van der Waals surface area contributed by atoms with Crippen LogP contribution in [0.3, 0.4) is 0 Å². The summed E-state index contributed by atoms with van der Waals surface area (Å²) in [6.07, 6.45) is 9.84.